The third-order valence-corrected chi connectivity index (χ3v) is 2.94. The van der Waals surface area contributed by atoms with Crippen molar-refractivity contribution in [3.05, 3.63) is 57.4 Å². The smallest absolute Gasteiger partial charge is 0.348 e. The van der Waals surface area contributed by atoms with Gasteiger partial charge in [-0.05, 0) is 38.5 Å². The van der Waals surface area contributed by atoms with Crippen LogP contribution in [-0.4, -0.2) is 10.8 Å². The van der Waals surface area contributed by atoms with Crippen LogP contribution in [0, 0.1) is 19.7 Å². The van der Waals surface area contributed by atoms with E-state index in [0.29, 0.717) is 17.0 Å². The van der Waals surface area contributed by atoms with E-state index in [1.54, 1.807) is 32.9 Å². The van der Waals surface area contributed by atoms with E-state index in [4.69, 9.17) is 4.42 Å². The first kappa shape index (κ1) is 14.8. The first-order valence-electron chi connectivity index (χ1n) is 6.29. The van der Waals surface area contributed by atoms with Crippen LogP contribution in [0.15, 0.2) is 38.6 Å². The predicted octanol–water partition coefficient (Wildman–Crippen LogP) is 2.94. The molecule has 2 N–H and O–H groups in total. The Bertz CT molecular complexity index is 766. The van der Waals surface area contributed by atoms with Crippen LogP contribution in [0.25, 0.3) is 0 Å². The molecule has 1 heterocycles. The normalized spacial score (nSPS) is 11.5. The van der Waals surface area contributed by atoms with Gasteiger partial charge in [0.1, 0.15) is 22.9 Å². The second kappa shape index (κ2) is 5.78. The summed E-state index contributed by atoms with van der Waals surface area (Å²) < 4.78 is 18.3. The number of rotatable bonds is 3. The summed E-state index contributed by atoms with van der Waals surface area (Å²) in [4.78, 5) is 11.7. The summed E-state index contributed by atoms with van der Waals surface area (Å²) in [5.74, 6) is -0.255. The van der Waals surface area contributed by atoms with Gasteiger partial charge < -0.3 is 9.52 Å². The maximum absolute atomic E-state index is 13.4. The largest absolute Gasteiger partial charge is 0.507 e. The van der Waals surface area contributed by atoms with E-state index in [0.717, 1.165) is 0 Å². The van der Waals surface area contributed by atoms with Crippen molar-refractivity contribution in [2.24, 2.45) is 5.10 Å². The van der Waals surface area contributed by atoms with Gasteiger partial charge >= 0.3 is 5.63 Å². The van der Waals surface area contributed by atoms with Gasteiger partial charge in [-0.2, -0.15) is 5.10 Å². The number of aromatic hydroxyl groups is 1. The van der Waals surface area contributed by atoms with E-state index in [1.165, 1.54) is 12.1 Å². The lowest BCUT2D eigenvalue weighted by molar-refractivity contribution is 0.432. The zero-order chi connectivity index (χ0) is 15.6. The van der Waals surface area contributed by atoms with E-state index in [1.807, 2.05) is 0 Å². The molecule has 0 atom stereocenters. The van der Waals surface area contributed by atoms with Crippen molar-refractivity contribution < 1.29 is 13.9 Å². The first-order valence-corrected chi connectivity index (χ1v) is 6.29. The van der Waals surface area contributed by atoms with E-state index in [9.17, 15) is 14.3 Å². The van der Waals surface area contributed by atoms with Gasteiger partial charge in [-0.1, -0.05) is 6.07 Å². The van der Waals surface area contributed by atoms with Crippen LogP contribution in [0.4, 0.5) is 10.1 Å². The van der Waals surface area contributed by atoms with Gasteiger partial charge in [-0.15, -0.1) is 0 Å². The molecule has 0 radical (unpaired) electrons. The highest BCUT2D eigenvalue weighted by atomic mass is 19.1. The average molecular weight is 290 g/mol. The Kier molecular flexibility index (Phi) is 4.07. The summed E-state index contributed by atoms with van der Waals surface area (Å²) in [6, 6.07) is 5.90. The first-order chi connectivity index (χ1) is 9.88. The minimum atomic E-state index is -0.675. The lowest BCUT2D eigenvalue weighted by Gasteiger charge is -2.06. The molecule has 21 heavy (non-hydrogen) atoms. The Morgan fingerprint density at radius 3 is 2.67 bits per heavy atom. The SMILES string of the molecule is CC(=NNc1ccc(C)c(F)c1)c1c(O)cc(C)oc1=O. The summed E-state index contributed by atoms with van der Waals surface area (Å²) in [6.07, 6.45) is 0. The van der Waals surface area contributed by atoms with Gasteiger partial charge in [0.15, 0.2) is 0 Å². The van der Waals surface area contributed by atoms with Crippen molar-refractivity contribution >= 4 is 11.4 Å². The topological polar surface area (TPSA) is 74.8 Å². The molecule has 0 saturated heterocycles. The van der Waals surface area contributed by atoms with Gasteiger partial charge in [-0.25, -0.2) is 9.18 Å². The van der Waals surface area contributed by atoms with E-state index < -0.39 is 5.63 Å². The van der Waals surface area contributed by atoms with Gasteiger partial charge in [0.05, 0.1) is 11.4 Å². The molecule has 0 aliphatic rings. The Morgan fingerprint density at radius 2 is 2.05 bits per heavy atom. The minimum Gasteiger partial charge on any atom is -0.507 e. The second-order valence-electron chi connectivity index (χ2n) is 4.68. The molecule has 0 unspecified atom stereocenters. The van der Waals surface area contributed by atoms with E-state index >= 15 is 0 Å². The van der Waals surface area contributed by atoms with Gasteiger partial charge in [-0.3, -0.25) is 5.43 Å². The Labute approximate surface area is 120 Å². The highest BCUT2D eigenvalue weighted by Gasteiger charge is 2.13. The number of anilines is 1. The molecule has 5 nitrogen and oxygen atoms in total. The standard InChI is InChI=1S/C15H15FN2O3/c1-8-4-5-11(7-12(8)16)18-17-10(3)14-13(19)6-9(2)21-15(14)20/h4-7,18-19H,1-3H3. The summed E-state index contributed by atoms with van der Waals surface area (Å²) >= 11 is 0. The molecule has 110 valence electrons. The van der Waals surface area contributed by atoms with Crippen molar-refractivity contribution in [1.29, 1.82) is 0 Å². The van der Waals surface area contributed by atoms with Crippen molar-refractivity contribution in [3.63, 3.8) is 0 Å². The molecule has 0 spiro atoms. The minimum absolute atomic E-state index is 0.0271. The fourth-order valence-electron chi connectivity index (χ4n) is 1.80. The van der Waals surface area contributed by atoms with E-state index in [2.05, 4.69) is 10.5 Å². The molecule has 2 aromatic rings. The quantitative estimate of drug-likeness (QED) is 0.673. The van der Waals surface area contributed by atoms with Crippen LogP contribution in [0.2, 0.25) is 0 Å². The van der Waals surface area contributed by atoms with Crippen LogP contribution in [0.1, 0.15) is 23.8 Å². The van der Waals surface area contributed by atoms with Gasteiger partial charge in [0, 0.05) is 6.07 Å². The Morgan fingerprint density at radius 1 is 1.33 bits per heavy atom. The number of hydrazone groups is 1. The van der Waals surface area contributed by atoms with Crippen LogP contribution in [0.3, 0.4) is 0 Å². The number of nitrogens with one attached hydrogen (secondary N) is 1. The van der Waals surface area contributed by atoms with Crippen molar-refractivity contribution in [2.45, 2.75) is 20.8 Å². The predicted molar refractivity (Wildman–Crippen MR) is 78.4 cm³/mol. The third kappa shape index (κ3) is 3.28. The van der Waals surface area contributed by atoms with Crippen LogP contribution in [-0.2, 0) is 0 Å². The number of hydrogen-bond acceptors (Lipinski definition) is 5. The average Bonchev–Trinajstić information content (AvgIpc) is 2.39. The maximum Gasteiger partial charge on any atom is 0.348 e. The summed E-state index contributed by atoms with van der Waals surface area (Å²) in [6.45, 7) is 4.76. The van der Waals surface area contributed by atoms with Gasteiger partial charge in [0.25, 0.3) is 0 Å². The molecule has 2 rings (SSSR count). The molecule has 1 aromatic heterocycles. The molecular weight excluding hydrogens is 275 g/mol. The summed E-state index contributed by atoms with van der Waals surface area (Å²) in [7, 11) is 0. The molecule has 0 saturated carbocycles. The number of aryl methyl sites for hydroxylation is 2. The zero-order valence-electron chi connectivity index (χ0n) is 11.9. The molecule has 0 fully saturated rings. The lowest BCUT2D eigenvalue weighted by atomic mass is 10.2. The molecule has 1 aromatic carbocycles. The molecule has 0 aliphatic carbocycles. The molecule has 0 bridgehead atoms. The van der Waals surface area contributed by atoms with Crippen molar-refractivity contribution in [2.75, 3.05) is 5.43 Å². The molecular formula is C15H15FN2O3. The lowest BCUT2D eigenvalue weighted by Crippen LogP contribution is -2.14. The fourth-order valence-corrected chi connectivity index (χ4v) is 1.80. The van der Waals surface area contributed by atoms with Crippen LogP contribution >= 0.6 is 0 Å². The number of hydrogen-bond donors (Lipinski definition) is 2. The number of halogens is 1. The highest BCUT2D eigenvalue weighted by molar-refractivity contribution is 6.00. The van der Waals surface area contributed by atoms with Crippen molar-refractivity contribution in [1.82, 2.24) is 0 Å². The monoisotopic (exact) mass is 290 g/mol. The zero-order valence-corrected chi connectivity index (χ0v) is 11.9. The molecule has 0 aliphatic heterocycles. The fraction of sp³-hybridized carbons (Fsp3) is 0.200. The number of nitrogens with zero attached hydrogens (tertiary/aromatic N) is 1. The van der Waals surface area contributed by atoms with Crippen LogP contribution < -0.4 is 11.1 Å². The third-order valence-electron chi connectivity index (χ3n) is 2.94. The maximum atomic E-state index is 13.4. The summed E-state index contributed by atoms with van der Waals surface area (Å²) in [5, 5.41) is 13.8. The van der Waals surface area contributed by atoms with Gasteiger partial charge in [0.2, 0.25) is 0 Å². The van der Waals surface area contributed by atoms with E-state index in [-0.39, 0.29) is 22.8 Å². The molecule has 0 amide bonds. The van der Waals surface area contributed by atoms with Crippen molar-refractivity contribution in [3.8, 4) is 5.75 Å². The Hall–Kier alpha value is -2.63. The highest BCUT2D eigenvalue weighted by Crippen LogP contribution is 2.17. The molecule has 6 heteroatoms. The number of benzene rings is 1. The second-order valence-corrected chi connectivity index (χ2v) is 4.68. The summed E-state index contributed by atoms with van der Waals surface area (Å²) in [5.41, 5.74) is 3.14. The Balaban J connectivity index is 2.30. The van der Waals surface area contributed by atoms with Crippen LogP contribution in [0.5, 0.6) is 5.75 Å².